The van der Waals surface area contributed by atoms with E-state index in [1.54, 1.807) is 0 Å². The van der Waals surface area contributed by atoms with Gasteiger partial charge in [0.25, 0.3) is 5.91 Å². The van der Waals surface area contributed by atoms with E-state index in [1.807, 2.05) is 0 Å². The van der Waals surface area contributed by atoms with Gasteiger partial charge in [0.2, 0.25) is 10.0 Å². The van der Waals surface area contributed by atoms with E-state index in [0.29, 0.717) is 13.1 Å². The number of esters is 1. The lowest BCUT2D eigenvalue weighted by Crippen LogP contribution is -2.35. The van der Waals surface area contributed by atoms with Crippen molar-refractivity contribution in [1.82, 2.24) is 4.31 Å². The standard InChI is InChI=1S/C21H22ClFN2O5S/c1-14(30-21(27)15-6-5-7-16(23)12-15)20(26)24-19-13-17(8-9-18(19)22)31(28,29)25-10-3-2-4-11-25/h5-9,12-14H,2-4,10-11H2,1H3,(H,24,26)/t14-/m0/s1. The first-order valence-electron chi connectivity index (χ1n) is 9.75. The van der Waals surface area contributed by atoms with Crippen LogP contribution in [0.25, 0.3) is 0 Å². The molecular weight excluding hydrogens is 447 g/mol. The van der Waals surface area contributed by atoms with Crippen LogP contribution in [0.1, 0.15) is 36.5 Å². The highest BCUT2D eigenvalue weighted by atomic mass is 35.5. The molecule has 1 atom stereocenters. The van der Waals surface area contributed by atoms with Crippen molar-refractivity contribution in [1.29, 1.82) is 0 Å². The Hall–Kier alpha value is -2.49. The van der Waals surface area contributed by atoms with Crippen molar-refractivity contribution in [3.63, 3.8) is 0 Å². The Morgan fingerprint density at radius 3 is 2.52 bits per heavy atom. The zero-order chi connectivity index (χ0) is 22.6. The number of amides is 1. The van der Waals surface area contributed by atoms with Crippen molar-refractivity contribution in [3.8, 4) is 0 Å². The maximum Gasteiger partial charge on any atom is 0.339 e. The number of nitrogens with one attached hydrogen (secondary N) is 1. The molecule has 7 nitrogen and oxygen atoms in total. The summed E-state index contributed by atoms with van der Waals surface area (Å²) in [5.41, 5.74) is 0.0470. The van der Waals surface area contributed by atoms with Crippen molar-refractivity contribution < 1.29 is 27.1 Å². The van der Waals surface area contributed by atoms with Crippen molar-refractivity contribution in [2.24, 2.45) is 0 Å². The minimum atomic E-state index is -3.71. The summed E-state index contributed by atoms with van der Waals surface area (Å²) >= 11 is 6.13. The van der Waals surface area contributed by atoms with Gasteiger partial charge < -0.3 is 10.1 Å². The van der Waals surface area contributed by atoms with E-state index in [9.17, 15) is 22.4 Å². The van der Waals surface area contributed by atoms with Crippen molar-refractivity contribution in [3.05, 3.63) is 58.9 Å². The molecule has 166 valence electrons. The summed E-state index contributed by atoms with van der Waals surface area (Å²) in [5, 5.41) is 2.62. The lowest BCUT2D eigenvalue weighted by molar-refractivity contribution is -0.123. The summed E-state index contributed by atoms with van der Waals surface area (Å²) in [6, 6.07) is 8.95. The number of piperidine rings is 1. The number of ether oxygens (including phenoxy) is 1. The first-order chi connectivity index (χ1) is 14.7. The van der Waals surface area contributed by atoms with E-state index in [2.05, 4.69) is 5.32 Å². The Balaban J connectivity index is 1.72. The van der Waals surface area contributed by atoms with Gasteiger partial charge in [0, 0.05) is 13.1 Å². The van der Waals surface area contributed by atoms with Crippen LogP contribution in [0.2, 0.25) is 5.02 Å². The first kappa shape index (κ1) is 23.2. The lowest BCUT2D eigenvalue weighted by atomic mass is 10.2. The Bertz CT molecular complexity index is 1090. The van der Waals surface area contributed by atoms with Gasteiger partial charge in [0.05, 0.1) is 21.2 Å². The molecule has 0 bridgehead atoms. The molecule has 10 heteroatoms. The second-order valence-electron chi connectivity index (χ2n) is 7.15. The van der Waals surface area contributed by atoms with Crippen LogP contribution < -0.4 is 5.32 Å². The van der Waals surface area contributed by atoms with Crippen LogP contribution in [-0.2, 0) is 19.6 Å². The number of anilines is 1. The summed E-state index contributed by atoms with van der Waals surface area (Å²) < 4.78 is 45.5. The molecule has 0 saturated carbocycles. The number of halogens is 2. The van der Waals surface area contributed by atoms with Crippen molar-refractivity contribution >= 4 is 39.2 Å². The van der Waals surface area contributed by atoms with Gasteiger partial charge in [-0.2, -0.15) is 4.31 Å². The molecule has 1 amide bonds. The van der Waals surface area contributed by atoms with E-state index in [0.717, 1.165) is 25.3 Å². The molecule has 0 aliphatic carbocycles. The molecule has 1 heterocycles. The normalized spacial score (nSPS) is 15.8. The van der Waals surface area contributed by atoms with Crippen LogP contribution in [0, 0.1) is 5.82 Å². The SMILES string of the molecule is C[C@H](OC(=O)c1cccc(F)c1)C(=O)Nc1cc(S(=O)(=O)N2CCCCC2)ccc1Cl. The van der Waals surface area contributed by atoms with Gasteiger partial charge in [0.15, 0.2) is 6.10 Å². The highest BCUT2D eigenvalue weighted by Crippen LogP contribution is 2.28. The van der Waals surface area contributed by atoms with Gasteiger partial charge in [-0.15, -0.1) is 0 Å². The molecule has 1 saturated heterocycles. The lowest BCUT2D eigenvalue weighted by Gasteiger charge is -2.26. The Morgan fingerprint density at radius 2 is 1.84 bits per heavy atom. The maximum absolute atomic E-state index is 13.3. The Morgan fingerprint density at radius 1 is 1.13 bits per heavy atom. The molecule has 0 unspecified atom stereocenters. The summed E-state index contributed by atoms with van der Waals surface area (Å²) in [4.78, 5) is 24.6. The van der Waals surface area contributed by atoms with Crippen molar-refractivity contribution in [2.45, 2.75) is 37.2 Å². The van der Waals surface area contributed by atoms with Crippen LogP contribution in [-0.4, -0.2) is 43.8 Å². The third kappa shape index (κ3) is 5.61. The van der Waals surface area contributed by atoms with E-state index in [-0.39, 0.29) is 21.2 Å². The van der Waals surface area contributed by atoms with Crippen molar-refractivity contribution in [2.75, 3.05) is 18.4 Å². The fourth-order valence-corrected chi connectivity index (χ4v) is 4.86. The average Bonchev–Trinajstić information content (AvgIpc) is 2.75. The van der Waals surface area contributed by atoms with Gasteiger partial charge in [-0.25, -0.2) is 17.6 Å². The molecule has 2 aromatic rings. The minimum Gasteiger partial charge on any atom is -0.449 e. The van der Waals surface area contributed by atoms with Gasteiger partial charge in [-0.1, -0.05) is 24.1 Å². The predicted octanol–water partition coefficient (Wildman–Crippen LogP) is 3.84. The van der Waals surface area contributed by atoms with Gasteiger partial charge >= 0.3 is 5.97 Å². The molecule has 1 N–H and O–H groups in total. The van der Waals surface area contributed by atoms with Crippen LogP contribution in [0.5, 0.6) is 0 Å². The number of carbonyl (C=O) groups excluding carboxylic acids is 2. The van der Waals surface area contributed by atoms with Crippen LogP contribution >= 0.6 is 11.6 Å². The van der Waals surface area contributed by atoms with E-state index in [4.69, 9.17) is 16.3 Å². The topological polar surface area (TPSA) is 92.8 Å². The van der Waals surface area contributed by atoms with Crippen LogP contribution in [0.4, 0.5) is 10.1 Å². The second kappa shape index (κ2) is 9.76. The third-order valence-corrected chi connectivity index (χ3v) is 7.09. The molecule has 3 rings (SSSR count). The second-order valence-corrected chi connectivity index (χ2v) is 9.50. The number of hydrogen-bond donors (Lipinski definition) is 1. The number of hydrogen-bond acceptors (Lipinski definition) is 5. The number of nitrogens with zero attached hydrogens (tertiary/aromatic N) is 1. The molecule has 0 aromatic heterocycles. The summed E-state index contributed by atoms with van der Waals surface area (Å²) in [6.07, 6.45) is 1.35. The number of sulfonamides is 1. The molecule has 1 fully saturated rings. The number of carbonyl (C=O) groups is 2. The highest BCUT2D eigenvalue weighted by molar-refractivity contribution is 7.89. The first-order valence-corrected chi connectivity index (χ1v) is 11.6. The monoisotopic (exact) mass is 468 g/mol. The zero-order valence-corrected chi connectivity index (χ0v) is 18.4. The summed E-state index contributed by atoms with van der Waals surface area (Å²) in [7, 11) is -3.71. The van der Waals surface area contributed by atoms with E-state index in [1.165, 1.54) is 47.6 Å². The molecule has 1 aliphatic heterocycles. The molecule has 1 aliphatic rings. The van der Waals surface area contributed by atoms with E-state index < -0.39 is 33.8 Å². The fraction of sp³-hybridized carbons (Fsp3) is 0.333. The predicted molar refractivity (Wildman–Crippen MR) is 114 cm³/mol. The number of benzene rings is 2. The molecule has 2 aromatic carbocycles. The highest BCUT2D eigenvalue weighted by Gasteiger charge is 2.27. The Labute approximate surface area is 185 Å². The smallest absolute Gasteiger partial charge is 0.339 e. The zero-order valence-electron chi connectivity index (χ0n) is 16.8. The van der Waals surface area contributed by atoms with Crippen LogP contribution in [0.15, 0.2) is 47.4 Å². The Kier molecular flexibility index (Phi) is 7.30. The fourth-order valence-electron chi connectivity index (χ4n) is 3.15. The largest absolute Gasteiger partial charge is 0.449 e. The molecular formula is C21H22ClFN2O5S. The van der Waals surface area contributed by atoms with E-state index >= 15 is 0 Å². The summed E-state index contributed by atoms with van der Waals surface area (Å²) in [5.74, 6) is -2.18. The number of rotatable bonds is 6. The minimum absolute atomic E-state index is 0.0125. The van der Waals surface area contributed by atoms with Gasteiger partial charge in [-0.3, -0.25) is 4.79 Å². The average molecular weight is 469 g/mol. The van der Waals surface area contributed by atoms with Crippen LogP contribution in [0.3, 0.4) is 0 Å². The quantitative estimate of drug-likeness (QED) is 0.650. The molecule has 0 spiro atoms. The summed E-state index contributed by atoms with van der Waals surface area (Å²) in [6.45, 7) is 2.23. The van der Waals surface area contributed by atoms with Gasteiger partial charge in [-0.05, 0) is 56.2 Å². The maximum atomic E-state index is 13.3. The molecule has 31 heavy (non-hydrogen) atoms. The van der Waals surface area contributed by atoms with Gasteiger partial charge in [0.1, 0.15) is 5.82 Å². The molecule has 0 radical (unpaired) electrons. The third-order valence-electron chi connectivity index (χ3n) is 4.86.